The molecule has 3 amide bonds. The quantitative estimate of drug-likeness (QED) is 0.0846. The third-order valence-electron chi connectivity index (χ3n) is 7.79. The fraction of sp³-hybridized carbons (Fsp3) is 0.146. The molecule has 0 saturated carbocycles. The SMILES string of the molecule is COc1cccc(/C=C(/NC(=O)c2ccccc2)C(=O)Nc2cccc(SC(C(=O)Nc3ccc(C(C)C)cc3)c3ccccc3)c2)c1OC. The Kier molecular flexibility index (Phi) is 12.1. The van der Waals surface area contributed by atoms with Gasteiger partial charge < -0.3 is 25.4 Å². The molecule has 5 rings (SSSR count). The van der Waals surface area contributed by atoms with E-state index >= 15 is 0 Å². The van der Waals surface area contributed by atoms with Crippen molar-refractivity contribution in [1.29, 1.82) is 0 Å². The van der Waals surface area contributed by atoms with E-state index in [0.717, 1.165) is 10.5 Å². The van der Waals surface area contributed by atoms with Crippen LogP contribution < -0.4 is 25.4 Å². The summed E-state index contributed by atoms with van der Waals surface area (Å²) in [6, 6.07) is 38.6. The van der Waals surface area contributed by atoms with Crippen LogP contribution in [0.4, 0.5) is 11.4 Å². The smallest absolute Gasteiger partial charge is 0.272 e. The highest BCUT2D eigenvalue weighted by Crippen LogP contribution is 2.37. The Hall–Kier alpha value is -5.80. The van der Waals surface area contributed by atoms with E-state index in [2.05, 4.69) is 29.8 Å². The summed E-state index contributed by atoms with van der Waals surface area (Å²) in [6.45, 7) is 4.25. The van der Waals surface area contributed by atoms with Crippen LogP contribution in [-0.2, 0) is 9.59 Å². The number of anilines is 2. The Balaban J connectivity index is 1.40. The molecule has 5 aromatic carbocycles. The van der Waals surface area contributed by atoms with E-state index in [9.17, 15) is 14.4 Å². The molecule has 8 nitrogen and oxygen atoms in total. The van der Waals surface area contributed by atoms with Crippen molar-refractivity contribution in [3.05, 3.63) is 155 Å². The molecule has 0 aromatic heterocycles. The number of thioether (sulfide) groups is 1. The van der Waals surface area contributed by atoms with Crippen molar-refractivity contribution in [2.75, 3.05) is 24.9 Å². The van der Waals surface area contributed by atoms with E-state index < -0.39 is 17.1 Å². The van der Waals surface area contributed by atoms with Gasteiger partial charge in [-0.25, -0.2) is 0 Å². The largest absolute Gasteiger partial charge is 0.493 e. The minimum atomic E-state index is -0.576. The number of para-hydroxylation sites is 1. The minimum Gasteiger partial charge on any atom is -0.493 e. The summed E-state index contributed by atoms with van der Waals surface area (Å²) in [4.78, 5) is 41.5. The van der Waals surface area contributed by atoms with Crippen molar-refractivity contribution in [3.63, 3.8) is 0 Å². The van der Waals surface area contributed by atoms with Crippen molar-refractivity contribution >= 4 is 46.9 Å². The van der Waals surface area contributed by atoms with Crippen LogP contribution in [0.5, 0.6) is 11.5 Å². The summed E-state index contributed by atoms with van der Waals surface area (Å²) in [5.74, 6) is 0.0984. The molecule has 0 saturated heterocycles. The average Bonchev–Trinajstić information content (AvgIpc) is 3.14. The van der Waals surface area contributed by atoms with Gasteiger partial charge in [0.15, 0.2) is 11.5 Å². The van der Waals surface area contributed by atoms with E-state index in [4.69, 9.17) is 9.47 Å². The lowest BCUT2D eigenvalue weighted by Gasteiger charge is -2.18. The van der Waals surface area contributed by atoms with E-state index in [1.807, 2.05) is 66.7 Å². The molecular weight excluding hydrogens is 647 g/mol. The first-order valence-electron chi connectivity index (χ1n) is 16.1. The summed E-state index contributed by atoms with van der Waals surface area (Å²) >= 11 is 1.37. The Morgan fingerprint density at radius 2 is 1.36 bits per heavy atom. The van der Waals surface area contributed by atoms with Crippen LogP contribution in [0.2, 0.25) is 0 Å². The van der Waals surface area contributed by atoms with E-state index in [0.29, 0.717) is 39.9 Å². The van der Waals surface area contributed by atoms with Gasteiger partial charge in [-0.2, -0.15) is 0 Å². The van der Waals surface area contributed by atoms with Crippen LogP contribution >= 0.6 is 11.8 Å². The molecule has 0 aliphatic heterocycles. The number of nitrogens with one attached hydrogen (secondary N) is 3. The zero-order chi connectivity index (χ0) is 35.5. The van der Waals surface area contributed by atoms with E-state index in [1.165, 1.54) is 31.5 Å². The zero-order valence-corrected chi connectivity index (χ0v) is 29.1. The minimum absolute atomic E-state index is 0.00603. The number of ether oxygens (including phenoxy) is 2. The van der Waals surface area contributed by atoms with Gasteiger partial charge in [-0.3, -0.25) is 14.4 Å². The molecule has 0 heterocycles. The fourth-order valence-electron chi connectivity index (χ4n) is 5.17. The van der Waals surface area contributed by atoms with Crippen molar-refractivity contribution in [2.24, 2.45) is 0 Å². The molecule has 0 spiro atoms. The number of carbonyl (C=O) groups is 3. The normalized spacial score (nSPS) is 11.7. The lowest BCUT2D eigenvalue weighted by Crippen LogP contribution is -2.30. The van der Waals surface area contributed by atoms with Crippen molar-refractivity contribution in [2.45, 2.75) is 29.9 Å². The van der Waals surface area contributed by atoms with Gasteiger partial charge in [-0.15, -0.1) is 11.8 Å². The number of benzene rings is 5. The van der Waals surface area contributed by atoms with Gasteiger partial charge in [0.05, 0.1) is 14.2 Å². The molecule has 0 aliphatic carbocycles. The molecule has 5 aromatic rings. The van der Waals surface area contributed by atoms with Gasteiger partial charge in [-0.05, 0) is 71.7 Å². The van der Waals surface area contributed by atoms with Crippen LogP contribution in [0, 0.1) is 0 Å². The zero-order valence-electron chi connectivity index (χ0n) is 28.3. The second-order valence-electron chi connectivity index (χ2n) is 11.6. The molecule has 0 aliphatic rings. The number of hydrogen-bond acceptors (Lipinski definition) is 6. The van der Waals surface area contributed by atoms with Crippen molar-refractivity contribution < 1.29 is 23.9 Å². The van der Waals surface area contributed by atoms with Crippen molar-refractivity contribution in [1.82, 2.24) is 5.32 Å². The average molecular weight is 686 g/mol. The summed E-state index contributed by atoms with van der Waals surface area (Å²) in [6.07, 6.45) is 1.54. The number of rotatable bonds is 13. The van der Waals surface area contributed by atoms with Crippen LogP contribution in [0.1, 0.15) is 52.1 Å². The standard InChI is InChI=1S/C41H39N3O5S/c1-27(2)28-21-23-32(24-22-28)42-41(47)38(29-13-7-5-8-14-29)50-34-19-12-18-33(26-34)43-40(46)35(44-39(45)30-15-9-6-10-16-30)25-31-17-11-20-36(48-3)37(31)49-4/h5-27,38H,1-4H3,(H,42,47)(H,43,46)(H,44,45)/b35-25+. The predicted molar refractivity (Wildman–Crippen MR) is 201 cm³/mol. The third kappa shape index (κ3) is 9.21. The Morgan fingerprint density at radius 3 is 2.02 bits per heavy atom. The molecule has 50 heavy (non-hydrogen) atoms. The van der Waals surface area contributed by atoms with Crippen LogP contribution in [0.15, 0.2) is 138 Å². The number of carbonyl (C=O) groups excluding carboxylic acids is 3. The Morgan fingerprint density at radius 1 is 0.680 bits per heavy atom. The lowest BCUT2D eigenvalue weighted by atomic mass is 10.0. The Bertz CT molecular complexity index is 1960. The maximum Gasteiger partial charge on any atom is 0.272 e. The van der Waals surface area contributed by atoms with Gasteiger partial charge in [0.1, 0.15) is 10.9 Å². The van der Waals surface area contributed by atoms with Crippen LogP contribution in [0.3, 0.4) is 0 Å². The first-order chi connectivity index (χ1) is 24.2. The summed E-state index contributed by atoms with van der Waals surface area (Å²) < 4.78 is 11.0. The third-order valence-corrected chi connectivity index (χ3v) is 9.04. The molecule has 0 radical (unpaired) electrons. The predicted octanol–water partition coefficient (Wildman–Crippen LogP) is 8.71. The maximum atomic E-state index is 13.8. The molecule has 1 unspecified atom stereocenters. The molecule has 3 N–H and O–H groups in total. The van der Waals surface area contributed by atoms with Crippen molar-refractivity contribution in [3.8, 4) is 11.5 Å². The highest BCUT2D eigenvalue weighted by molar-refractivity contribution is 8.00. The van der Waals surface area contributed by atoms with E-state index in [1.54, 1.807) is 66.7 Å². The molecular formula is C41H39N3O5S. The number of methoxy groups -OCH3 is 2. The lowest BCUT2D eigenvalue weighted by molar-refractivity contribution is -0.116. The topological polar surface area (TPSA) is 106 Å². The highest BCUT2D eigenvalue weighted by Gasteiger charge is 2.23. The summed E-state index contributed by atoms with van der Waals surface area (Å²) in [7, 11) is 3.03. The van der Waals surface area contributed by atoms with Crippen LogP contribution in [0.25, 0.3) is 6.08 Å². The highest BCUT2D eigenvalue weighted by atomic mass is 32.2. The molecule has 1 atom stereocenters. The van der Waals surface area contributed by atoms with E-state index in [-0.39, 0.29) is 11.6 Å². The summed E-state index contributed by atoms with van der Waals surface area (Å²) in [5.41, 5.74) is 4.14. The van der Waals surface area contributed by atoms with Gasteiger partial charge in [0, 0.05) is 27.4 Å². The monoisotopic (exact) mass is 685 g/mol. The summed E-state index contributed by atoms with van der Waals surface area (Å²) in [5, 5.41) is 8.16. The van der Waals surface area contributed by atoms with Gasteiger partial charge in [0.2, 0.25) is 5.91 Å². The van der Waals surface area contributed by atoms with Gasteiger partial charge in [-0.1, -0.05) is 92.7 Å². The molecule has 254 valence electrons. The second kappa shape index (κ2) is 17.0. The first-order valence-corrected chi connectivity index (χ1v) is 17.0. The Labute approximate surface area is 296 Å². The first kappa shape index (κ1) is 35.5. The molecule has 0 bridgehead atoms. The van der Waals surface area contributed by atoms with Gasteiger partial charge in [0.25, 0.3) is 11.8 Å². The maximum absolute atomic E-state index is 13.8. The number of amides is 3. The molecule has 0 fully saturated rings. The second-order valence-corrected chi connectivity index (χ2v) is 12.8. The van der Waals surface area contributed by atoms with Gasteiger partial charge >= 0.3 is 0 Å². The molecule has 9 heteroatoms. The van der Waals surface area contributed by atoms with Crippen LogP contribution in [-0.4, -0.2) is 31.9 Å². The fourth-order valence-corrected chi connectivity index (χ4v) is 6.25. The number of hydrogen-bond donors (Lipinski definition) is 3.